The van der Waals surface area contributed by atoms with Crippen LogP contribution < -0.4 is 5.73 Å². The average Bonchev–Trinajstić information content (AvgIpc) is 2.37. The van der Waals surface area contributed by atoms with Crippen molar-refractivity contribution in [1.29, 1.82) is 0 Å². The van der Waals surface area contributed by atoms with E-state index in [1.165, 1.54) is 64.2 Å². The van der Waals surface area contributed by atoms with E-state index in [0.29, 0.717) is 0 Å². The van der Waals surface area contributed by atoms with Gasteiger partial charge in [0, 0.05) is 12.1 Å². The van der Waals surface area contributed by atoms with Crippen molar-refractivity contribution in [2.75, 3.05) is 6.61 Å². The van der Waals surface area contributed by atoms with Crippen LogP contribution in [0.3, 0.4) is 0 Å². The van der Waals surface area contributed by atoms with Crippen molar-refractivity contribution in [3.05, 3.63) is 0 Å². The molecular weight excluding hydrogens is 222 g/mol. The number of hydrogen-bond acceptors (Lipinski definition) is 2. The Hall–Kier alpha value is -0.0800. The summed E-state index contributed by atoms with van der Waals surface area (Å²) in [6, 6.07) is 0. The van der Waals surface area contributed by atoms with E-state index in [-0.39, 0.29) is 11.1 Å². The molecule has 3 aliphatic rings. The Labute approximate surface area is 112 Å². The van der Waals surface area contributed by atoms with E-state index in [1.54, 1.807) is 0 Å². The SMILES string of the molecule is CCC1CCCC(N)(C2CCOC3(CCC3)C2)C1. The zero-order chi connectivity index (χ0) is 12.6. The van der Waals surface area contributed by atoms with E-state index in [1.807, 2.05) is 0 Å². The Morgan fingerprint density at radius 1 is 1.11 bits per heavy atom. The Balaban J connectivity index is 1.68. The zero-order valence-corrected chi connectivity index (χ0v) is 11.9. The van der Waals surface area contributed by atoms with E-state index in [0.717, 1.165) is 18.4 Å². The summed E-state index contributed by atoms with van der Waals surface area (Å²) in [7, 11) is 0. The number of ether oxygens (including phenoxy) is 1. The second-order valence-corrected chi connectivity index (χ2v) is 7.18. The van der Waals surface area contributed by atoms with E-state index in [2.05, 4.69) is 6.92 Å². The Kier molecular flexibility index (Phi) is 3.44. The largest absolute Gasteiger partial charge is 0.375 e. The molecule has 2 saturated carbocycles. The molecule has 0 aromatic heterocycles. The first-order valence-corrected chi connectivity index (χ1v) is 8.09. The van der Waals surface area contributed by atoms with Crippen LogP contribution >= 0.6 is 0 Å². The molecule has 0 aromatic carbocycles. The van der Waals surface area contributed by atoms with Gasteiger partial charge in [-0.2, -0.15) is 0 Å². The monoisotopic (exact) mass is 251 g/mol. The van der Waals surface area contributed by atoms with E-state index >= 15 is 0 Å². The number of nitrogens with two attached hydrogens (primary N) is 1. The Morgan fingerprint density at radius 2 is 1.94 bits per heavy atom. The van der Waals surface area contributed by atoms with Crippen molar-refractivity contribution in [2.45, 2.75) is 82.3 Å². The van der Waals surface area contributed by atoms with Crippen LogP contribution in [0.5, 0.6) is 0 Å². The summed E-state index contributed by atoms with van der Waals surface area (Å²) in [6.45, 7) is 3.29. The summed E-state index contributed by atoms with van der Waals surface area (Å²) in [5.41, 5.74) is 7.23. The minimum absolute atomic E-state index is 0.130. The third kappa shape index (κ3) is 2.22. The van der Waals surface area contributed by atoms with Crippen molar-refractivity contribution >= 4 is 0 Å². The van der Waals surface area contributed by atoms with Gasteiger partial charge in [-0.05, 0) is 56.8 Å². The predicted molar refractivity (Wildman–Crippen MR) is 74.4 cm³/mol. The zero-order valence-electron chi connectivity index (χ0n) is 11.9. The fourth-order valence-electron chi connectivity index (χ4n) is 4.62. The summed E-state index contributed by atoms with van der Waals surface area (Å²) in [5, 5.41) is 0. The molecule has 0 aromatic rings. The van der Waals surface area contributed by atoms with Gasteiger partial charge in [0.2, 0.25) is 0 Å². The van der Waals surface area contributed by atoms with Gasteiger partial charge < -0.3 is 10.5 Å². The lowest BCUT2D eigenvalue weighted by molar-refractivity contribution is -0.155. The van der Waals surface area contributed by atoms with Gasteiger partial charge in [0.05, 0.1) is 5.60 Å². The molecule has 1 spiro atoms. The fourth-order valence-corrected chi connectivity index (χ4v) is 4.62. The Morgan fingerprint density at radius 3 is 2.61 bits per heavy atom. The topological polar surface area (TPSA) is 35.2 Å². The minimum Gasteiger partial charge on any atom is -0.375 e. The molecule has 1 aliphatic heterocycles. The molecule has 104 valence electrons. The molecule has 3 unspecified atom stereocenters. The number of rotatable bonds is 2. The van der Waals surface area contributed by atoms with Crippen LogP contribution in [0.2, 0.25) is 0 Å². The first kappa shape index (κ1) is 12.9. The normalized spacial score (nSPS) is 43.7. The minimum atomic E-state index is 0.130. The van der Waals surface area contributed by atoms with E-state index in [4.69, 9.17) is 10.5 Å². The van der Waals surface area contributed by atoms with Crippen LogP contribution in [0.1, 0.15) is 71.1 Å². The van der Waals surface area contributed by atoms with Gasteiger partial charge in [-0.3, -0.25) is 0 Å². The first-order valence-electron chi connectivity index (χ1n) is 8.09. The molecule has 2 nitrogen and oxygen atoms in total. The molecular formula is C16H29NO. The van der Waals surface area contributed by atoms with Gasteiger partial charge in [-0.25, -0.2) is 0 Å². The number of hydrogen-bond donors (Lipinski definition) is 1. The molecule has 18 heavy (non-hydrogen) atoms. The van der Waals surface area contributed by atoms with E-state index in [9.17, 15) is 0 Å². The molecule has 3 rings (SSSR count). The molecule has 3 fully saturated rings. The van der Waals surface area contributed by atoms with Crippen LogP contribution in [-0.4, -0.2) is 17.7 Å². The third-order valence-corrected chi connectivity index (χ3v) is 6.07. The highest BCUT2D eigenvalue weighted by molar-refractivity contribution is 5.03. The lowest BCUT2D eigenvalue weighted by Gasteiger charge is -2.53. The molecule has 2 heteroatoms. The van der Waals surface area contributed by atoms with Gasteiger partial charge >= 0.3 is 0 Å². The van der Waals surface area contributed by atoms with Crippen molar-refractivity contribution < 1.29 is 4.74 Å². The summed E-state index contributed by atoms with van der Waals surface area (Å²) in [4.78, 5) is 0. The van der Waals surface area contributed by atoms with Crippen LogP contribution in [0.25, 0.3) is 0 Å². The summed E-state index contributed by atoms with van der Waals surface area (Å²) in [6.07, 6.45) is 13.0. The predicted octanol–water partition coefficient (Wildman–Crippen LogP) is 3.63. The van der Waals surface area contributed by atoms with Crippen LogP contribution in [0.15, 0.2) is 0 Å². The maximum Gasteiger partial charge on any atom is 0.0686 e. The van der Waals surface area contributed by atoms with Crippen LogP contribution in [0, 0.1) is 11.8 Å². The first-order chi connectivity index (χ1) is 8.66. The third-order valence-electron chi connectivity index (χ3n) is 6.07. The molecule has 0 bridgehead atoms. The van der Waals surface area contributed by atoms with Gasteiger partial charge in [0.25, 0.3) is 0 Å². The highest BCUT2D eigenvalue weighted by atomic mass is 16.5. The standard InChI is InChI=1S/C16H29NO/c1-2-13-5-3-9-16(17,11-13)14-6-10-18-15(12-14)7-4-8-15/h13-14H,2-12,17H2,1H3. The summed E-state index contributed by atoms with van der Waals surface area (Å²) >= 11 is 0. The summed E-state index contributed by atoms with van der Waals surface area (Å²) < 4.78 is 6.07. The lowest BCUT2D eigenvalue weighted by atomic mass is 9.62. The van der Waals surface area contributed by atoms with Gasteiger partial charge in [0.1, 0.15) is 0 Å². The van der Waals surface area contributed by atoms with Crippen molar-refractivity contribution in [3.8, 4) is 0 Å². The molecule has 2 N–H and O–H groups in total. The second kappa shape index (κ2) is 4.79. The van der Waals surface area contributed by atoms with Gasteiger partial charge in [-0.15, -0.1) is 0 Å². The van der Waals surface area contributed by atoms with Gasteiger partial charge in [0.15, 0.2) is 0 Å². The van der Waals surface area contributed by atoms with E-state index < -0.39 is 0 Å². The van der Waals surface area contributed by atoms with Crippen molar-refractivity contribution in [3.63, 3.8) is 0 Å². The molecule has 2 aliphatic carbocycles. The fraction of sp³-hybridized carbons (Fsp3) is 1.00. The van der Waals surface area contributed by atoms with Crippen molar-refractivity contribution in [1.82, 2.24) is 0 Å². The summed E-state index contributed by atoms with van der Waals surface area (Å²) in [5.74, 6) is 1.60. The highest BCUT2D eigenvalue weighted by Gasteiger charge is 2.48. The highest BCUT2D eigenvalue weighted by Crippen LogP contribution is 2.49. The maximum atomic E-state index is 6.84. The van der Waals surface area contributed by atoms with Crippen molar-refractivity contribution in [2.24, 2.45) is 17.6 Å². The molecule has 0 radical (unpaired) electrons. The second-order valence-electron chi connectivity index (χ2n) is 7.18. The molecule has 1 saturated heterocycles. The van der Waals surface area contributed by atoms with Crippen LogP contribution in [0.4, 0.5) is 0 Å². The average molecular weight is 251 g/mol. The van der Waals surface area contributed by atoms with Crippen LogP contribution in [-0.2, 0) is 4.74 Å². The maximum absolute atomic E-state index is 6.84. The molecule has 0 amide bonds. The lowest BCUT2D eigenvalue weighted by Crippen LogP contribution is -2.57. The smallest absolute Gasteiger partial charge is 0.0686 e. The quantitative estimate of drug-likeness (QED) is 0.813. The van der Waals surface area contributed by atoms with Gasteiger partial charge in [-0.1, -0.05) is 26.2 Å². The Bertz CT molecular complexity index is 299. The molecule has 3 atom stereocenters. The molecule has 1 heterocycles.